The van der Waals surface area contributed by atoms with Crippen molar-refractivity contribution < 1.29 is 18.3 Å². The van der Waals surface area contributed by atoms with Gasteiger partial charge in [-0.25, -0.2) is 4.79 Å². The van der Waals surface area contributed by atoms with E-state index in [0.717, 1.165) is 15.6 Å². The van der Waals surface area contributed by atoms with Crippen LogP contribution in [0.5, 0.6) is 5.75 Å². The van der Waals surface area contributed by atoms with E-state index in [-0.39, 0.29) is 23.5 Å². The topological polar surface area (TPSA) is 93.2 Å². The highest BCUT2D eigenvalue weighted by Crippen LogP contribution is 2.19. The zero-order chi connectivity index (χ0) is 19.4. The lowest BCUT2D eigenvalue weighted by Crippen LogP contribution is -2.39. The maximum absolute atomic E-state index is 12.5. The van der Waals surface area contributed by atoms with E-state index >= 15 is 0 Å². The van der Waals surface area contributed by atoms with Crippen molar-refractivity contribution in [3.05, 3.63) is 79.3 Å². The summed E-state index contributed by atoms with van der Waals surface area (Å²) in [6.45, 7) is -2.97. The van der Waals surface area contributed by atoms with Gasteiger partial charge in [-0.1, -0.05) is 12.1 Å². The Kier molecular flexibility index (Phi) is 5.46. The zero-order valence-electron chi connectivity index (χ0n) is 13.6. The van der Waals surface area contributed by atoms with Gasteiger partial charge in [0.15, 0.2) is 0 Å². The summed E-state index contributed by atoms with van der Waals surface area (Å²) >= 11 is 1.37. The van der Waals surface area contributed by atoms with Crippen LogP contribution in [0.1, 0.15) is 15.2 Å². The molecule has 0 radical (unpaired) electrons. The normalized spacial score (nSPS) is 10.8. The number of halogens is 2. The van der Waals surface area contributed by atoms with Crippen LogP contribution < -0.4 is 21.3 Å². The Morgan fingerprint density at radius 2 is 2.07 bits per heavy atom. The van der Waals surface area contributed by atoms with Crippen LogP contribution in [0.2, 0.25) is 0 Å². The van der Waals surface area contributed by atoms with Crippen molar-refractivity contribution in [3.8, 4) is 5.75 Å². The summed E-state index contributed by atoms with van der Waals surface area (Å²) in [5, 5.41) is 4.23. The fourth-order valence-corrected chi connectivity index (χ4v) is 3.02. The van der Waals surface area contributed by atoms with E-state index in [4.69, 9.17) is 0 Å². The van der Waals surface area contributed by atoms with Gasteiger partial charge in [0.25, 0.3) is 11.5 Å². The van der Waals surface area contributed by atoms with Gasteiger partial charge in [-0.2, -0.15) is 8.78 Å². The van der Waals surface area contributed by atoms with Crippen molar-refractivity contribution in [1.82, 2.24) is 9.55 Å². The Balaban J connectivity index is 1.85. The summed E-state index contributed by atoms with van der Waals surface area (Å²) in [5.41, 5.74) is -1.53. The molecule has 0 aliphatic carbocycles. The van der Waals surface area contributed by atoms with Crippen LogP contribution in [-0.4, -0.2) is 22.1 Å². The van der Waals surface area contributed by atoms with E-state index in [2.05, 4.69) is 15.0 Å². The fourth-order valence-electron chi connectivity index (χ4n) is 2.32. The zero-order valence-corrected chi connectivity index (χ0v) is 14.5. The van der Waals surface area contributed by atoms with Gasteiger partial charge in [0, 0.05) is 22.8 Å². The monoisotopic (exact) mass is 393 g/mol. The van der Waals surface area contributed by atoms with Crippen LogP contribution in [0, 0.1) is 0 Å². The number of amides is 1. The first-order valence-corrected chi connectivity index (χ1v) is 8.53. The number of H-pyrrole nitrogens is 1. The third-order valence-electron chi connectivity index (χ3n) is 3.52. The van der Waals surface area contributed by atoms with Crippen LogP contribution in [-0.2, 0) is 6.54 Å². The molecule has 0 aliphatic heterocycles. The van der Waals surface area contributed by atoms with E-state index in [1.807, 2.05) is 0 Å². The summed E-state index contributed by atoms with van der Waals surface area (Å²) in [6, 6.07) is 8.90. The van der Waals surface area contributed by atoms with E-state index in [9.17, 15) is 23.2 Å². The van der Waals surface area contributed by atoms with Gasteiger partial charge in [-0.3, -0.25) is 14.2 Å². The molecular weight excluding hydrogens is 380 g/mol. The Bertz CT molecular complexity index is 1060. The summed E-state index contributed by atoms with van der Waals surface area (Å²) in [5.74, 6) is -0.926. The second-order valence-electron chi connectivity index (χ2n) is 5.34. The number of aromatic amines is 1. The number of thiophene rings is 1. The molecule has 1 aromatic carbocycles. The molecule has 0 saturated heterocycles. The van der Waals surface area contributed by atoms with Crippen LogP contribution in [0.25, 0.3) is 0 Å². The smallest absolute Gasteiger partial charge is 0.387 e. The number of ether oxygens (including phenoxy) is 1. The van der Waals surface area contributed by atoms with Crippen LogP contribution >= 0.6 is 11.3 Å². The standard InChI is InChI=1S/C17H13F2N3O4S/c18-16(19)26-11-4-1-3-10(7-11)21-14(23)13-8-20-17(25)22(15(13)24)9-12-5-2-6-27-12/h1-8,16H,9H2,(H,20,25)(H,21,23). The molecule has 1 amide bonds. The quantitative estimate of drug-likeness (QED) is 0.673. The number of anilines is 1. The first-order valence-electron chi connectivity index (χ1n) is 7.65. The molecule has 27 heavy (non-hydrogen) atoms. The predicted octanol–water partition coefficient (Wildman–Crippen LogP) is 2.50. The van der Waals surface area contributed by atoms with Gasteiger partial charge < -0.3 is 15.0 Å². The molecule has 0 saturated carbocycles. The molecule has 7 nitrogen and oxygen atoms in total. The van der Waals surface area contributed by atoms with Crippen molar-refractivity contribution in [2.45, 2.75) is 13.2 Å². The lowest BCUT2D eigenvalue weighted by molar-refractivity contribution is -0.0497. The molecule has 0 atom stereocenters. The highest BCUT2D eigenvalue weighted by atomic mass is 32.1. The highest BCUT2D eigenvalue weighted by molar-refractivity contribution is 7.09. The minimum atomic E-state index is -3.00. The van der Waals surface area contributed by atoms with Crippen LogP contribution in [0.3, 0.4) is 0 Å². The molecule has 3 rings (SSSR count). The number of aromatic nitrogens is 2. The average molecular weight is 393 g/mol. The molecule has 0 unspecified atom stereocenters. The first-order chi connectivity index (χ1) is 12.9. The summed E-state index contributed by atoms with van der Waals surface area (Å²) in [4.78, 5) is 40.0. The van der Waals surface area contributed by atoms with Gasteiger partial charge >= 0.3 is 12.3 Å². The van der Waals surface area contributed by atoms with Gasteiger partial charge in [-0.15, -0.1) is 11.3 Å². The molecule has 2 N–H and O–H groups in total. The Morgan fingerprint density at radius 1 is 1.26 bits per heavy atom. The van der Waals surface area contributed by atoms with Gasteiger partial charge in [-0.05, 0) is 23.6 Å². The lowest BCUT2D eigenvalue weighted by Gasteiger charge is -2.09. The van der Waals surface area contributed by atoms with E-state index in [1.54, 1.807) is 17.5 Å². The summed E-state index contributed by atoms with van der Waals surface area (Å²) < 4.78 is 29.7. The van der Waals surface area contributed by atoms with E-state index in [1.165, 1.54) is 35.6 Å². The second-order valence-corrected chi connectivity index (χ2v) is 6.37. The van der Waals surface area contributed by atoms with Crippen molar-refractivity contribution >= 4 is 22.9 Å². The molecule has 2 heterocycles. The molecule has 0 fully saturated rings. The highest BCUT2D eigenvalue weighted by Gasteiger charge is 2.16. The molecule has 0 spiro atoms. The first kappa shape index (κ1) is 18.5. The van der Waals surface area contributed by atoms with E-state index in [0.29, 0.717) is 0 Å². The lowest BCUT2D eigenvalue weighted by atomic mass is 10.2. The molecule has 140 valence electrons. The number of benzene rings is 1. The number of hydrogen-bond donors (Lipinski definition) is 2. The number of carbonyl (C=O) groups is 1. The SMILES string of the molecule is O=C(Nc1cccc(OC(F)F)c1)c1c[nH]c(=O)n(Cc2cccs2)c1=O. The largest absolute Gasteiger partial charge is 0.435 e. The second kappa shape index (κ2) is 7.96. The molecular formula is C17H13F2N3O4S. The Labute approximate surface area is 154 Å². The number of nitrogens with one attached hydrogen (secondary N) is 2. The maximum Gasteiger partial charge on any atom is 0.387 e. The minimum Gasteiger partial charge on any atom is -0.435 e. The Hall–Kier alpha value is -3.27. The van der Waals surface area contributed by atoms with Crippen LogP contribution in [0.15, 0.2) is 57.6 Å². The maximum atomic E-state index is 12.5. The number of alkyl halides is 2. The number of carbonyl (C=O) groups excluding carboxylic acids is 1. The summed E-state index contributed by atoms with van der Waals surface area (Å²) in [7, 11) is 0. The fraction of sp³-hybridized carbons (Fsp3) is 0.118. The number of nitrogens with zero attached hydrogens (tertiary/aromatic N) is 1. The molecule has 3 aromatic rings. The minimum absolute atomic E-state index is 0.0324. The number of rotatable bonds is 6. The Morgan fingerprint density at radius 3 is 2.78 bits per heavy atom. The average Bonchev–Trinajstić information content (AvgIpc) is 3.11. The van der Waals surface area contributed by atoms with Crippen molar-refractivity contribution in [2.24, 2.45) is 0 Å². The van der Waals surface area contributed by atoms with Crippen molar-refractivity contribution in [2.75, 3.05) is 5.32 Å². The predicted molar refractivity (Wildman–Crippen MR) is 95.8 cm³/mol. The van der Waals surface area contributed by atoms with Gasteiger partial charge in [0.05, 0.1) is 6.54 Å². The third-order valence-corrected chi connectivity index (χ3v) is 4.38. The molecule has 0 aliphatic rings. The third kappa shape index (κ3) is 4.47. The van der Waals surface area contributed by atoms with E-state index < -0.39 is 23.8 Å². The summed E-state index contributed by atoms with van der Waals surface area (Å²) in [6.07, 6.45) is 1.02. The van der Waals surface area contributed by atoms with Gasteiger partial charge in [0.2, 0.25) is 0 Å². The number of hydrogen-bond acceptors (Lipinski definition) is 5. The van der Waals surface area contributed by atoms with Crippen molar-refractivity contribution in [1.29, 1.82) is 0 Å². The molecule has 10 heteroatoms. The molecule has 0 bridgehead atoms. The van der Waals surface area contributed by atoms with Crippen LogP contribution in [0.4, 0.5) is 14.5 Å². The van der Waals surface area contributed by atoms with Crippen molar-refractivity contribution in [3.63, 3.8) is 0 Å². The van der Waals surface area contributed by atoms with Gasteiger partial charge in [0.1, 0.15) is 11.3 Å². The molecule has 2 aromatic heterocycles.